The number of non-ortho nitro benzene ring substituents is 1. The van der Waals surface area contributed by atoms with Crippen molar-refractivity contribution in [2.45, 2.75) is 42.9 Å². The summed E-state index contributed by atoms with van der Waals surface area (Å²) in [5.74, 6) is 0. The molecule has 0 heterocycles. The first-order valence-corrected chi connectivity index (χ1v) is 7.13. The van der Waals surface area contributed by atoms with Gasteiger partial charge in [-0.15, -0.1) is 0 Å². The molecule has 1 aromatic rings. The number of rotatable bonds is 4. The lowest BCUT2D eigenvalue weighted by Crippen LogP contribution is -2.29. The minimum atomic E-state index is -1.79. The average molecular weight is 287 g/mol. The molecular formula is C12H14FNO4S. The standard InChI is InChI=1S/C12H14FNO4S/c13-11-3-1-2-4-12(11)18-19(17)10-7-5-9(6-8-10)14(15)16/h5-8,11-12H,1-4H2. The van der Waals surface area contributed by atoms with Gasteiger partial charge in [-0.2, -0.15) is 0 Å². The summed E-state index contributed by atoms with van der Waals surface area (Å²) in [4.78, 5) is 10.3. The molecule has 1 fully saturated rings. The second-order valence-electron chi connectivity index (χ2n) is 4.42. The van der Waals surface area contributed by atoms with Gasteiger partial charge in [-0.25, -0.2) is 8.60 Å². The molecule has 5 nitrogen and oxygen atoms in total. The van der Waals surface area contributed by atoms with Crippen molar-refractivity contribution < 1.29 is 17.7 Å². The molecule has 0 spiro atoms. The van der Waals surface area contributed by atoms with E-state index in [1.54, 1.807) is 0 Å². The number of halogens is 1. The van der Waals surface area contributed by atoms with Gasteiger partial charge >= 0.3 is 0 Å². The maximum atomic E-state index is 13.5. The Hall–Kier alpha value is -1.34. The average Bonchev–Trinajstić information content (AvgIpc) is 2.41. The van der Waals surface area contributed by atoms with E-state index >= 15 is 0 Å². The van der Waals surface area contributed by atoms with Crippen molar-refractivity contribution in [1.29, 1.82) is 0 Å². The van der Waals surface area contributed by atoms with Crippen LogP contribution in [-0.2, 0) is 15.3 Å². The summed E-state index contributed by atoms with van der Waals surface area (Å²) < 4.78 is 30.7. The quantitative estimate of drug-likeness (QED) is 0.630. The van der Waals surface area contributed by atoms with Gasteiger partial charge in [-0.3, -0.25) is 14.3 Å². The number of benzene rings is 1. The molecule has 0 N–H and O–H groups in total. The lowest BCUT2D eigenvalue weighted by molar-refractivity contribution is -0.384. The van der Waals surface area contributed by atoms with Gasteiger partial charge in [0.05, 0.1) is 9.82 Å². The first-order valence-electron chi connectivity index (χ1n) is 6.05. The van der Waals surface area contributed by atoms with Gasteiger partial charge in [0.1, 0.15) is 12.3 Å². The van der Waals surface area contributed by atoms with Crippen molar-refractivity contribution in [3.63, 3.8) is 0 Å². The molecule has 0 saturated heterocycles. The highest BCUT2D eigenvalue weighted by Crippen LogP contribution is 2.26. The fourth-order valence-corrected chi connectivity index (χ4v) is 2.92. The first-order chi connectivity index (χ1) is 9.08. The highest BCUT2D eigenvalue weighted by molar-refractivity contribution is 7.80. The van der Waals surface area contributed by atoms with Crippen molar-refractivity contribution in [1.82, 2.24) is 0 Å². The monoisotopic (exact) mass is 287 g/mol. The molecule has 2 rings (SSSR count). The Kier molecular flexibility index (Phi) is 4.60. The van der Waals surface area contributed by atoms with Crippen molar-refractivity contribution in [3.05, 3.63) is 34.4 Å². The molecule has 0 aromatic heterocycles. The van der Waals surface area contributed by atoms with E-state index in [1.807, 2.05) is 0 Å². The maximum absolute atomic E-state index is 13.5. The van der Waals surface area contributed by atoms with E-state index < -0.39 is 28.3 Å². The lowest BCUT2D eigenvalue weighted by atomic mass is 9.96. The zero-order chi connectivity index (χ0) is 13.8. The minimum Gasteiger partial charge on any atom is -0.280 e. The highest BCUT2D eigenvalue weighted by atomic mass is 32.2. The normalized spacial score (nSPS) is 24.9. The molecule has 3 unspecified atom stereocenters. The Morgan fingerprint density at radius 1 is 1.26 bits per heavy atom. The zero-order valence-corrected chi connectivity index (χ0v) is 11.0. The third kappa shape index (κ3) is 3.57. The van der Waals surface area contributed by atoms with E-state index in [-0.39, 0.29) is 5.69 Å². The molecule has 0 aliphatic heterocycles. The van der Waals surface area contributed by atoms with Crippen LogP contribution in [0.15, 0.2) is 29.2 Å². The first kappa shape index (κ1) is 14.1. The molecule has 0 amide bonds. The second-order valence-corrected chi connectivity index (χ2v) is 5.55. The SMILES string of the molecule is O=[N+]([O-])c1ccc(S(=O)OC2CCCCC2F)cc1. The van der Waals surface area contributed by atoms with Crippen molar-refractivity contribution >= 4 is 16.8 Å². The summed E-state index contributed by atoms with van der Waals surface area (Å²) in [5.41, 5.74) is -0.0817. The van der Waals surface area contributed by atoms with Crippen molar-refractivity contribution in [3.8, 4) is 0 Å². The summed E-state index contributed by atoms with van der Waals surface area (Å²) in [7, 11) is 0. The van der Waals surface area contributed by atoms with Crippen LogP contribution in [0.1, 0.15) is 25.7 Å². The predicted octanol–water partition coefficient (Wildman–Crippen LogP) is 2.91. The predicted molar refractivity (Wildman–Crippen MR) is 67.7 cm³/mol. The second kappa shape index (κ2) is 6.21. The molecule has 3 atom stereocenters. The van der Waals surface area contributed by atoms with Crippen LogP contribution in [0.2, 0.25) is 0 Å². The highest BCUT2D eigenvalue weighted by Gasteiger charge is 2.28. The van der Waals surface area contributed by atoms with Gasteiger partial charge in [-0.05, 0) is 25.0 Å². The molecule has 104 valence electrons. The van der Waals surface area contributed by atoms with Gasteiger partial charge in [0, 0.05) is 12.1 Å². The summed E-state index contributed by atoms with van der Waals surface area (Å²) in [6, 6.07) is 5.24. The Bertz CT molecular complexity index is 479. The number of hydrogen-bond donors (Lipinski definition) is 0. The molecule has 1 aromatic carbocycles. The number of nitrogens with zero attached hydrogens (tertiary/aromatic N) is 1. The van der Waals surface area contributed by atoms with E-state index in [0.29, 0.717) is 17.7 Å². The van der Waals surface area contributed by atoms with Crippen LogP contribution in [-0.4, -0.2) is 21.4 Å². The molecule has 19 heavy (non-hydrogen) atoms. The van der Waals surface area contributed by atoms with Crippen molar-refractivity contribution in [2.24, 2.45) is 0 Å². The largest absolute Gasteiger partial charge is 0.280 e. The number of alkyl halides is 1. The smallest absolute Gasteiger partial charge is 0.269 e. The van der Waals surface area contributed by atoms with Crippen LogP contribution in [0.4, 0.5) is 10.1 Å². The minimum absolute atomic E-state index is 0.0817. The molecular weight excluding hydrogens is 273 g/mol. The molecule has 1 saturated carbocycles. The molecule has 0 bridgehead atoms. The fourth-order valence-electron chi connectivity index (χ4n) is 2.01. The van der Waals surface area contributed by atoms with E-state index in [1.165, 1.54) is 24.3 Å². The van der Waals surface area contributed by atoms with E-state index in [0.717, 1.165) is 12.8 Å². The number of nitro groups is 1. The van der Waals surface area contributed by atoms with Gasteiger partial charge in [0.25, 0.3) is 5.69 Å². The van der Waals surface area contributed by atoms with E-state index in [4.69, 9.17) is 4.18 Å². The Labute approximate surface area is 112 Å². The Morgan fingerprint density at radius 2 is 1.89 bits per heavy atom. The lowest BCUT2D eigenvalue weighted by Gasteiger charge is -2.24. The van der Waals surface area contributed by atoms with Crippen LogP contribution < -0.4 is 0 Å². The maximum Gasteiger partial charge on any atom is 0.269 e. The van der Waals surface area contributed by atoms with Crippen molar-refractivity contribution in [2.75, 3.05) is 0 Å². The van der Waals surface area contributed by atoms with Crippen LogP contribution >= 0.6 is 0 Å². The van der Waals surface area contributed by atoms with Gasteiger partial charge < -0.3 is 0 Å². The third-order valence-electron chi connectivity index (χ3n) is 3.07. The number of hydrogen-bond acceptors (Lipinski definition) is 4. The molecule has 1 aliphatic rings. The van der Waals surface area contributed by atoms with Crippen LogP contribution in [0.3, 0.4) is 0 Å². The topological polar surface area (TPSA) is 69.4 Å². The number of nitro benzene ring substituents is 1. The van der Waals surface area contributed by atoms with Crippen LogP contribution in [0.5, 0.6) is 0 Å². The van der Waals surface area contributed by atoms with Gasteiger partial charge in [-0.1, -0.05) is 12.8 Å². The Balaban J connectivity index is 2.01. The summed E-state index contributed by atoms with van der Waals surface area (Å²) >= 11 is -1.79. The van der Waals surface area contributed by atoms with Gasteiger partial charge in [0.2, 0.25) is 0 Å². The van der Waals surface area contributed by atoms with E-state index in [2.05, 4.69) is 0 Å². The molecule has 0 radical (unpaired) electrons. The molecule has 1 aliphatic carbocycles. The van der Waals surface area contributed by atoms with Crippen LogP contribution in [0, 0.1) is 10.1 Å². The summed E-state index contributed by atoms with van der Waals surface area (Å²) in [6.07, 6.45) is 0.941. The van der Waals surface area contributed by atoms with Gasteiger partial charge in [0.15, 0.2) is 11.1 Å². The zero-order valence-electron chi connectivity index (χ0n) is 10.2. The molecule has 7 heteroatoms. The summed E-state index contributed by atoms with van der Waals surface area (Å²) in [5, 5.41) is 10.5. The fraction of sp³-hybridized carbons (Fsp3) is 0.500. The van der Waals surface area contributed by atoms with E-state index in [9.17, 15) is 18.7 Å². The third-order valence-corrected chi connectivity index (χ3v) is 4.15. The van der Waals surface area contributed by atoms with Crippen LogP contribution in [0.25, 0.3) is 0 Å². The Morgan fingerprint density at radius 3 is 2.47 bits per heavy atom. The summed E-state index contributed by atoms with van der Waals surface area (Å²) in [6.45, 7) is 0.